The van der Waals surface area contributed by atoms with Gasteiger partial charge in [-0.2, -0.15) is 0 Å². The van der Waals surface area contributed by atoms with E-state index in [9.17, 15) is 4.79 Å². The third kappa shape index (κ3) is 4.02. The van der Waals surface area contributed by atoms with Crippen LogP contribution in [0.5, 0.6) is 0 Å². The number of piperidine rings is 1. The number of fused-ring (bicyclic) bond motifs is 1. The van der Waals surface area contributed by atoms with Crippen LogP contribution in [-0.4, -0.2) is 39.8 Å². The third-order valence-corrected chi connectivity index (χ3v) is 5.78. The number of nitrogens with one attached hydrogen (secondary N) is 1. The molecule has 0 spiro atoms. The largest absolute Gasteiger partial charge is 0.349 e. The van der Waals surface area contributed by atoms with Crippen LogP contribution in [0.25, 0.3) is 5.65 Å². The standard InChI is InChI=1S/C21H22Cl2N4O/c22-16-9-7-15(8-10-16)18(26-11-2-1-3-12-26)13-25-21(28)17-5-4-6-20-24-14-19(23)27(17)20/h4-10,14,18H,1-3,11-13H2,(H,25,28). The van der Waals surface area contributed by atoms with Crippen LogP contribution >= 0.6 is 23.2 Å². The Bertz CT molecular complexity index is 964. The van der Waals surface area contributed by atoms with Crippen molar-refractivity contribution in [1.29, 1.82) is 0 Å². The minimum atomic E-state index is -0.165. The van der Waals surface area contributed by atoms with Gasteiger partial charge in [0.15, 0.2) is 0 Å². The molecule has 146 valence electrons. The number of carbonyl (C=O) groups is 1. The first kappa shape index (κ1) is 19.2. The zero-order valence-corrected chi connectivity index (χ0v) is 17.0. The molecule has 0 saturated carbocycles. The van der Waals surface area contributed by atoms with Crippen LogP contribution in [0, 0.1) is 0 Å². The molecule has 28 heavy (non-hydrogen) atoms. The van der Waals surface area contributed by atoms with Gasteiger partial charge in [-0.15, -0.1) is 0 Å². The van der Waals surface area contributed by atoms with Crippen molar-refractivity contribution in [3.63, 3.8) is 0 Å². The van der Waals surface area contributed by atoms with Gasteiger partial charge >= 0.3 is 0 Å². The first-order valence-electron chi connectivity index (χ1n) is 9.53. The monoisotopic (exact) mass is 416 g/mol. The Balaban J connectivity index is 1.55. The van der Waals surface area contributed by atoms with E-state index in [4.69, 9.17) is 23.2 Å². The number of amides is 1. The van der Waals surface area contributed by atoms with Crippen LogP contribution in [0.2, 0.25) is 10.2 Å². The van der Waals surface area contributed by atoms with Gasteiger partial charge < -0.3 is 5.32 Å². The highest BCUT2D eigenvalue weighted by atomic mass is 35.5. The number of hydrogen-bond acceptors (Lipinski definition) is 3. The number of carbonyl (C=O) groups excluding carboxylic acids is 1. The summed E-state index contributed by atoms with van der Waals surface area (Å²) in [5.41, 5.74) is 2.29. The average Bonchev–Trinajstić information content (AvgIpc) is 3.11. The molecule has 1 N–H and O–H groups in total. The van der Waals surface area contributed by atoms with Crippen molar-refractivity contribution in [3.05, 3.63) is 70.1 Å². The molecule has 3 aromatic rings. The molecular formula is C21H22Cl2N4O. The Morgan fingerprint density at radius 3 is 2.57 bits per heavy atom. The molecule has 1 atom stereocenters. The van der Waals surface area contributed by atoms with Crippen molar-refractivity contribution >= 4 is 34.8 Å². The zero-order valence-electron chi connectivity index (χ0n) is 15.4. The number of likely N-dealkylation sites (tertiary alicyclic amines) is 1. The Morgan fingerprint density at radius 1 is 1.07 bits per heavy atom. The molecule has 1 aliphatic rings. The molecule has 7 heteroatoms. The molecule has 1 aliphatic heterocycles. The normalized spacial score (nSPS) is 16.2. The predicted molar refractivity (Wildman–Crippen MR) is 112 cm³/mol. The smallest absolute Gasteiger partial charge is 0.268 e. The van der Waals surface area contributed by atoms with Gasteiger partial charge in [-0.1, -0.05) is 47.8 Å². The van der Waals surface area contributed by atoms with E-state index in [2.05, 4.69) is 15.2 Å². The van der Waals surface area contributed by atoms with Gasteiger partial charge in [-0.25, -0.2) is 4.98 Å². The molecule has 0 bridgehead atoms. The molecule has 3 heterocycles. The lowest BCUT2D eigenvalue weighted by molar-refractivity contribution is 0.0918. The van der Waals surface area contributed by atoms with Crippen molar-refractivity contribution in [1.82, 2.24) is 19.6 Å². The predicted octanol–water partition coefficient (Wildman–Crippen LogP) is 4.60. The maximum Gasteiger partial charge on any atom is 0.268 e. The van der Waals surface area contributed by atoms with Crippen LogP contribution in [0.3, 0.4) is 0 Å². The minimum Gasteiger partial charge on any atom is -0.349 e. The Kier molecular flexibility index (Phi) is 5.85. The van der Waals surface area contributed by atoms with Gasteiger partial charge in [0.2, 0.25) is 0 Å². The number of nitrogens with zero attached hydrogens (tertiary/aromatic N) is 3. The molecule has 1 aromatic carbocycles. The summed E-state index contributed by atoms with van der Waals surface area (Å²) in [5, 5.41) is 4.23. The van der Waals surface area contributed by atoms with Crippen LogP contribution in [0.4, 0.5) is 0 Å². The van der Waals surface area contributed by atoms with Gasteiger partial charge in [0, 0.05) is 11.6 Å². The van der Waals surface area contributed by atoms with Gasteiger partial charge in [0.05, 0.1) is 12.2 Å². The number of hydrogen-bond donors (Lipinski definition) is 1. The van der Waals surface area contributed by atoms with E-state index in [1.165, 1.54) is 19.3 Å². The fourth-order valence-electron chi connectivity index (χ4n) is 3.83. The lowest BCUT2D eigenvalue weighted by Gasteiger charge is -2.35. The molecular weight excluding hydrogens is 395 g/mol. The maximum atomic E-state index is 12.9. The second-order valence-electron chi connectivity index (χ2n) is 7.06. The molecule has 1 fully saturated rings. The van der Waals surface area contributed by atoms with Crippen LogP contribution in [-0.2, 0) is 0 Å². The summed E-state index contributed by atoms with van der Waals surface area (Å²) >= 11 is 12.3. The van der Waals surface area contributed by atoms with Crippen molar-refractivity contribution < 1.29 is 4.79 Å². The topological polar surface area (TPSA) is 49.6 Å². The highest BCUT2D eigenvalue weighted by Gasteiger charge is 2.23. The summed E-state index contributed by atoms with van der Waals surface area (Å²) in [6.45, 7) is 2.58. The minimum absolute atomic E-state index is 0.110. The van der Waals surface area contributed by atoms with Crippen molar-refractivity contribution in [3.8, 4) is 0 Å². The second-order valence-corrected chi connectivity index (χ2v) is 7.88. The molecule has 0 radical (unpaired) electrons. The summed E-state index contributed by atoms with van der Waals surface area (Å²) < 4.78 is 1.66. The molecule has 0 aliphatic carbocycles. The second kappa shape index (κ2) is 8.52. The van der Waals surface area contributed by atoms with Gasteiger partial charge in [0.1, 0.15) is 16.5 Å². The van der Waals surface area contributed by atoms with E-state index in [1.807, 2.05) is 36.4 Å². The summed E-state index contributed by atoms with van der Waals surface area (Å²) in [4.78, 5) is 19.6. The van der Waals surface area contributed by atoms with Crippen molar-refractivity contribution in [2.24, 2.45) is 0 Å². The van der Waals surface area contributed by atoms with Gasteiger partial charge in [0.25, 0.3) is 5.91 Å². The molecule has 1 saturated heterocycles. The first-order chi connectivity index (χ1) is 13.6. The van der Waals surface area contributed by atoms with E-state index < -0.39 is 0 Å². The number of imidazole rings is 1. The maximum absolute atomic E-state index is 12.9. The van der Waals surface area contributed by atoms with E-state index in [1.54, 1.807) is 16.7 Å². The van der Waals surface area contributed by atoms with E-state index >= 15 is 0 Å². The molecule has 5 nitrogen and oxygen atoms in total. The number of rotatable bonds is 5. The zero-order chi connectivity index (χ0) is 19.5. The molecule has 1 unspecified atom stereocenters. The highest BCUT2D eigenvalue weighted by molar-refractivity contribution is 6.30. The lowest BCUT2D eigenvalue weighted by atomic mass is 10.0. The quantitative estimate of drug-likeness (QED) is 0.660. The van der Waals surface area contributed by atoms with Crippen molar-refractivity contribution in [2.75, 3.05) is 19.6 Å². The Labute approximate surface area is 174 Å². The number of benzene rings is 1. The summed E-state index contributed by atoms with van der Waals surface area (Å²) in [7, 11) is 0. The fraction of sp³-hybridized carbons (Fsp3) is 0.333. The van der Waals surface area contributed by atoms with E-state index in [0.29, 0.717) is 28.1 Å². The molecule has 1 amide bonds. The van der Waals surface area contributed by atoms with Crippen LogP contribution < -0.4 is 5.32 Å². The van der Waals surface area contributed by atoms with E-state index in [0.717, 1.165) is 18.7 Å². The molecule has 4 rings (SSSR count). The lowest BCUT2D eigenvalue weighted by Crippen LogP contribution is -2.41. The Hall–Kier alpha value is -2.08. The first-order valence-corrected chi connectivity index (χ1v) is 10.3. The summed E-state index contributed by atoms with van der Waals surface area (Å²) in [6.07, 6.45) is 5.18. The summed E-state index contributed by atoms with van der Waals surface area (Å²) in [5.74, 6) is -0.165. The highest BCUT2D eigenvalue weighted by Crippen LogP contribution is 2.25. The van der Waals surface area contributed by atoms with Crippen molar-refractivity contribution in [2.45, 2.75) is 25.3 Å². The third-order valence-electron chi connectivity index (χ3n) is 5.26. The van der Waals surface area contributed by atoms with Gasteiger partial charge in [-0.3, -0.25) is 14.1 Å². The van der Waals surface area contributed by atoms with E-state index in [-0.39, 0.29) is 11.9 Å². The number of halogens is 2. The Morgan fingerprint density at radius 2 is 1.82 bits per heavy atom. The molecule has 2 aromatic heterocycles. The number of aromatic nitrogens is 2. The summed E-state index contributed by atoms with van der Waals surface area (Å²) in [6, 6.07) is 13.4. The average molecular weight is 417 g/mol. The number of pyridine rings is 1. The fourth-order valence-corrected chi connectivity index (χ4v) is 4.18. The van der Waals surface area contributed by atoms with Crippen LogP contribution in [0.1, 0.15) is 41.4 Å². The SMILES string of the molecule is O=C(NCC(c1ccc(Cl)cc1)N1CCCCC1)c1cccc2ncc(Cl)n12. The van der Waals surface area contributed by atoms with Gasteiger partial charge in [-0.05, 0) is 55.8 Å². The van der Waals surface area contributed by atoms with Crippen LogP contribution in [0.15, 0.2) is 48.7 Å².